The Balaban J connectivity index is 2.57. The molecule has 0 aromatic heterocycles. The lowest BCUT2D eigenvalue weighted by Crippen LogP contribution is -2.64. The van der Waals surface area contributed by atoms with Crippen LogP contribution < -0.4 is 0 Å². The lowest BCUT2D eigenvalue weighted by Gasteiger charge is -2.41. The van der Waals surface area contributed by atoms with Gasteiger partial charge in [-0.15, -0.1) is 0 Å². The van der Waals surface area contributed by atoms with E-state index < -0.39 is 75.7 Å². The molecule has 0 amide bonds. The highest BCUT2D eigenvalue weighted by Crippen LogP contribution is 2.47. The number of rotatable bonds is 33. The highest BCUT2D eigenvalue weighted by atomic mass is 31.2. The molecule has 0 spiro atoms. The number of esters is 2. The third-order valence-corrected chi connectivity index (χ3v) is 10.5. The van der Waals surface area contributed by atoms with Gasteiger partial charge in [-0.2, -0.15) is 0 Å². The van der Waals surface area contributed by atoms with Gasteiger partial charge in [-0.3, -0.25) is 18.6 Å². The first kappa shape index (κ1) is 51.1. The molecule has 0 heterocycles. The van der Waals surface area contributed by atoms with E-state index in [1.807, 2.05) is 12.2 Å². The minimum atomic E-state index is -5.13. The van der Waals surface area contributed by atoms with Gasteiger partial charge in [0.15, 0.2) is 6.10 Å². The van der Waals surface area contributed by atoms with Gasteiger partial charge in [0.2, 0.25) is 0 Å². The van der Waals surface area contributed by atoms with E-state index in [1.54, 1.807) is 0 Å². The molecule has 6 N–H and O–H groups in total. The van der Waals surface area contributed by atoms with E-state index in [1.165, 1.54) is 77.0 Å². The number of carbonyl (C=O) groups excluding carboxylic acids is 2. The maximum atomic E-state index is 12.8. The molecule has 0 aromatic rings. The van der Waals surface area contributed by atoms with Crippen molar-refractivity contribution < 1.29 is 63.1 Å². The zero-order valence-corrected chi connectivity index (χ0v) is 34.4. The van der Waals surface area contributed by atoms with Gasteiger partial charge in [0.25, 0.3) is 0 Å². The van der Waals surface area contributed by atoms with Crippen LogP contribution in [0.3, 0.4) is 0 Å². The van der Waals surface area contributed by atoms with Crippen LogP contribution in [-0.2, 0) is 32.7 Å². The van der Waals surface area contributed by atoms with Crippen molar-refractivity contribution in [3.63, 3.8) is 0 Å². The second-order valence-electron chi connectivity index (χ2n) is 14.5. The van der Waals surface area contributed by atoms with Gasteiger partial charge in [0.1, 0.15) is 43.2 Å². The minimum absolute atomic E-state index is 0.0122. The monoisotopic (exact) mass is 804 g/mol. The van der Waals surface area contributed by atoms with Crippen molar-refractivity contribution in [3.8, 4) is 0 Å². The molecule has 13 nitrogen and oxygen atoms in total. The van der Waals surface area contributed by atoms with E-state index >= 15 is 0 Å². The van der Waals surface area contributed by atoms with Gasteiger partial charge in [0.05, 0.1) is 6.61 Å². The Morgan fingerprint density at radius 2 is 1.02 bits per heavy atom. The average Bonchev–Trinajstić information content (AvgIpc) is 3.16. The van der Waals surface area contributed by atoms with Gasteiger partial charge in [-0.1, -0.05) is 121 Å². The Morgan fingerprint density at radius 1 is 0.564 bits per heavy atom. The summed E-state index contributed by atoms with van der Waals surface area (Å²) in [6, 6.07) is 0. The summed E-state index contributed by atoms with van der Waals surface area (Å²) in [4.78, 5) is 35.5. The molecule has 14 heteroatoms. The van der Waals surface area contributed by atoms with E-state index in [4.69, 9.17) is 18.5 Å². The Kier molecular flexibility index (Phi) is 29.8. The third-order valence-electron chi connectivity index (χ3n) is 9.47. The standard InChI is InChI=1S/C41H73O13P/c1-3-5-7-9-11-13-15-17-19-21-23-25-27-29-34(42)51-31-33(32-52-55(49,50)54-41-39(47)37(45)36(44)38(46)40(41)48)53-35(43)30-28-26-24-22-20-18-16-14-12-10-8-6-4-2/h17-20,24,26,33,36-41,44-48H,3-16,21-23,25,27-32H2,1-2H3,(H,49,50)/b19-17+,20-18+,26-24+/t33?,36?,37-,38?,39?,40?,41?/m1/s1. The van der Waals surface area contributed by atoms with Gasteiger partial charge in [-0.25, -0.2) is 4.57 Å². The van der Waals surface area contributed by atoms with Crippen molar-refractivity contribution in [1.82, 2.24) is 0 Å². The summed E-state index contributed by atoms with van der Waals surface area (Å²) in [5, 5.41) is 50.0. The van der Waals surface area contributed by atoms with Crippen LogP contribution in [0.25, 0.3) is 0 Å². The number of allylic oxidation sites excluding steroid dienone is 6. The van der Waals surface area contributed by atoms with Crippen LogP contribution in [0.2, 0.25) is 0 Å². The molecule has 0 bridgehead atoms. The average molecular weight is 805 g/mol. The third kappa shape index (κ3) is 25.1. The highest BCUT2D eigenvalue weighted by Gasteiger charge is 2.51. The van der Waals surface area contributed by atoms with E-state index in [0.29, 0.717) is 12.8 Å². The van der Waals surface area contributed by atoms with Gasteiger partial charge >= 0.3 is 19.8 Å². The quantitative estimate of drug-likeness (QED) is 0.0170. The summed E-state index contributed by atoms with van der Waals surface area (Å²) in [7, 11) is -5.13. The number of hydrogen-bond acceptors (Lipinski definition) is 12. The largest absolute Gasteiger partial charge is 0.472 e. The van der Waals surface area contributed by atoms with Crippen LogP contribution in [0.4, 0.5) is 0 Å². The number of carbonyl (C=O) groups is 2. The van der Waals surface area contributed by atoms with Crippen LogP contribution in [-0.4, -0.2) is 98.3 Å². The van der Waals surface area contributed by atoms with Crippen LogP contribution >= 0.6 is 7.82 Å². The molecule has 320 valence electrons. The van der Waals surface area contributed by atoms with Crippen LogP contribution in [0.5, 0.6) is 0 Å². The summed E-state index contributed by atoms with van der Waals surface area (Å²) < 4.78 is 33.3. The Hall–Kier alpha value is -1.93. The fourth-order valence-electron chi connectivity index (χ4n) is 6.04. The Morgan fingerprint density at radius 3 is 1.56 bits per heavy atom. The maximum absolute atomic E-state index is 12.8. The van der Waals surface area contributed by atoms with E-state index in [-0.39, 0.29) is 12.8 Å². The fourth-order valence-corrected chi connectivity index (χ4v) is 7.01. The molecule has 1 aliphatic carbocycles. The van der Waals surface area contributed by atoms with Crippen molar-refractivity contribution in [2.75, 3.05) is 13.2 Å². The van der Waals surface area contributed by atoms with Crippen molar-refractivity contribution >= 4 is 19.8 Å². The fraction of sp³-hybridized carbons (Fsp3) is 0.805. The summed E-state index contributed by atoms with van der Waals surface area (Å²) >= 11 is 0. The zero-order chi connectivity index (χ0) is 40.7. The molecular formula is C41H73O13P. The second-order valence-corrected chi connectivity index (χ2v) is 15.9. The molecule has 0 saturated heterocycles. The molecule has 7 unspecified atom stereocenters. The number of aliphatic hydroxyl groups excluding tert-OH is 5. The molecule has 0 aliphatic heterocycles. The predicted molar refractivity (Wildman–Crippen MR) is 212 cm³/mol. The molecule has 0 aromatic carbocycles. The molecule has 1 rings (SSSR count). The molecule has 0 radical (unpaired) electrons. The first-order valence-corrected chi connectivity index (χ1v) is 22.3. The lowest BCUT2D eigenvalue weighted by atomic mass is 9.85. The normalized spacial score (nSPS) is 23.4. The minimum Gasteiger partial charge on any atom is -0.462 e. The molecule has 1 aliphatic rings. The molecular weight excluding hydrogens is 731 g/mol. The first-order valence-electron chi connectivity index (χ1n) is 20.8. The Labute approximate surface area is 329 Å². The summed E-state index contributed by atoms with van der Waals surface area (Å²) in [6.07, 6.45) is 20.9. The van der Waals surface area contributed by atoms with Crippen molar-refractivity contribution in [3.05, 3.63) is 36.5 Å². The highest BCUT2D eigenvalue weighted by molar-refractivity contribution is 7.47. The molecule has 1 fully saturated rings. The lowest BCUT2D eigenvalue weighted by molar-refractivity contribution is -0.220. The number of hydrogen-bond donors (Lipinski definition) is 6. The molecule has 8 atom stereocenters. The molecule has 55 heavy (non-hydrogen) atoms. The number of phosphoric ester groups is 1. The van der Waals surface area contributed by atoms with Crippen LogP contribution in [0.1, 0.15) is 155 Å². The smallest absolute Gasteiger partial charge is 0.462 e. The van der Waals surface area contributed by atoms with E-state index in [0.717, 1.165) is 38.5 Å². The van der Waals surface area contributed by atoms with Crippen molar-refractivity contribution in [1.29, 1.82) is 0 Å². The molecule has 1 saturated carbocycles. The van der Waals surface area contributed by atoms with Crippen LogP contribution in [0.15, 0.2) is 36.5 Å². The van der Waals surface area contributed by atoms with Gasteiger partial charge in [-0.05, 0) is 57.8 Å². The van der Waals surface area contributed by atoms with Gasteiger partial charge in [0, 0.05) is 12.8 Å². The first-order chi connectivity index (χ1) is 26.4. The number of phosphoric acid groups is 1. The number of ether oxygens (including phenoxy) is 2. The predicted octanol–water partition coefficient (Wildman–Crippen LogP) is 7.05. The summed E-state index contributed by atoms with van der Waals surface area (Å²) in [5.74, 6) is -1.20. The topological polar surface area (TPSA) is 210 Å². The number of unbranched alkanes of at least 4 members (excludes halogenated alkanes) is 15. The zero-order valence-electron chi connectivity index (χ0n) is 33.5. The second kappa shape index (κ2) is 32.1. The SMILES string of the molecule is CCCCCCCC/C=C/C/C=C/CCC(=O)OC(COC(=O)CCCCC/C=C/CCCCCCCC)COP(=O)(O)OC1C(O)C(O)C(O)[C@@H](O)C1O. The maximum Gasteiger partial charge on any atom is 0.472 e. The number of aliphatic hydroxyl groups is 5. The van der Waals surface area contributed by atoms with Crippen molar-refractivity contribution in [2.45, 2.75) is 198 Å². The van der Waals surface area contributed by atoms with Crippen LogP contribution in [0, 0.1) is 0 Å². The Bertz CT molecular complexity index is 1110. The van der Waals surface area contributed by atoms with E-state index in [9.17, 15) is 44.6 Å². The van der Waals surface area contributed by atoms with Crippen molar-refractivity contribution in [2.24, 2.45) is 0 Å². The summed E-state index contributed by atoms with van der Waals surface area (Å²) in [6.45, 7) is 3.19. The van der Waals surface area contributed by atoms with E-state index in [2.05, 4.69) is 38.2 Å². The summed E-state index contributed by atoms with van der Waals surface area (Å²) in [5.41, 5.74) is 0. The van der Waals surface area contributed by atoms with Gasteiger partial charge < -0.3 is 39.9 Å².